The Hall–Kier alpha value is -2.04. The first-order valence-corrected chi connectivity index (χ1v) is 5.04. The maximum atomic E-state index is 11.5. The van der Waals surface area contributed by atoms with Crippen LogP contribution in [0.2, 0.25) is 0 Å². The van der Waals surface area contributed by atoms with Crippen LogP contribution in [0.25, 0.3) is 0 Å². The molecule has 84 valence electrons. The van der Waals surface area contributed by atoms with Gasteiger partial charge in [-0.1, -0.05) is 0 Å². The number of amides is 1. The van der Waals surface area contributed by atoms with Gasteiger partial charge in [-0.2, -0.15) is 5.10 Å². The molecule has 0 saturated carbocycles. The van der Waals surface area contributed by atoms with Crippen LogP contribution in [0, 0.1) is 0 Å². The van der Waals surface area contributed by atoms with E-state index in [2.05, 4.69) is 10.4 Å². The standard InChI is InChI=1S/C11H13N3O2/c1-14-10(3-6-13-14)2-5-12-11(15)9-4-7-16-8-9/h3-4,6-8H,2,5H2,1H3,(H,12,15). The van der Waals surface area contributed by atoms with E-state index in [0.29, 0.717) is 12.1 Å². The second-order valence-corrected chi connectivity index (χ2v) is 3.46. The largest absolute Gasteiger partial charge is 0.472 e. The Morgan fingerprint density at radius 2 is 2.44 bits per heavy atom. The minimum atomic E-state index is -0.115. The number of aromatic nitrogens is 2. The number of hydrogen-bond acceptors (Lipinski definition) is 3. The molecule has 2 aromatic rings. The van der Waals surface area contributed by atoms with Gasteiger partial charge < -0.3 is 9.73 Å². The summed E-state index contributed by atoms with van der Waals surface area (Å²) in [7, 11) is 1.88. The van der Waals surface area contributed by atoms with Crippen LogP contribution in [0.5, 0.6) is 0 Å². The molecule has 0 atom stereocenters. The third-order valence-electron chi connectivity index (χ3n) is 2.37. The van der Waals surface area contributed by atoms with Crippen LogP contribution >= 0.6 is 0 Å². The Bertz CT molecular complexity index is 459. The summed E-state index contributed by atoms with van der Waals surface area (Å²) in [6, 6.07) is 3.57. The van der Waals surface area contributed by atoms with Crippen LogP contribution in [0.15, 0.2) is 35.3 Å². The highest BCUT2D eigenvalue weighted by atomic mass is 16.3. The molecule has 2 aromatic heterocycles. The molecular formula is C11H13N3O2. The van der Waals surface area contributed by atoms with Gasteiger partial charge in [0.05, 0.1) is 11.8 Å². The molecule has 0 bridgehead atoms. The van der Waals surface area contributed by atoms with E-state index in [1.807, 2.05) is 13.1 Å². The Morgan fingerprint density at radius 1 is 1.56 bits per heavy atom. The molecule has 5 heteroatoms. The Kier molecular flexibility index (Phi) is 3.05. The summed E-state index contributed by atoms with van der Waals surface area (Å²) < 4.78 is 6.63. The Balaban J connectivity index is 1.81. The fourth-order valence-electron chi connectivity index (χ4n) is 1.45. The maximum Gasteiger partial charge on any atom is 0.254 e. The summed E-state index contributed by atoms with van der Waals surface area (Å²) in [6.45, 7) is 0.587. The van der Waals surface area contributed by atoms with Crippen molar-refractivity contribution in [2.24, 2.45) is 7.05 Å². The Labute approximate surface area is 93.1 Å². The SMILES string of the molecule is Cn1nccc1CCNC(=O)c1ccoc1. The fraction of sp³-hybridized carbons (Fsp3) is 0.273. The first-order chi connectivity index (χ1) is 7.77. The molecule has 0 aromatic carbocycles. The third kappa shape index (κ3) is 2.31. The molecule has 1 amide bonds. The lowest BCUT2D eigenvalue weighted by Gasteiger charge is -2.03. The summed E-state index contributed by atoms with van der Waals surface area (Å²) >= 11 is 0. The number of aryl methyl sites for hydroxylation is 1. The average molecular weight is 219 g/mol. The summed E-state index contributed by atoms with van der Waals surface area (Å²) in [5.74, 6) is -0.115. The molecule has 0 aliphatic rings. The summed E-state index contributed by atoms with van der Waals surface area (Å²) in [5, 5.41) is 6.86. The predicted octanol–water partition coefficient (Wildman–Crippen LogP) is 0.986. The molecule has 0 aliphatic carbocycles. The first-order valence-electron chi connectivity index (χ1n) is 5.04. The number of hydrogen-bond donors (Lipinski definition) is 1. The van der Waals surface area contributed by atoms with Crippen molar-refractivity contribution < 1.29 is 9.21 Å². The molecule has 0 radical (unpaired) electrons. The van der Waals surface area contributed by atoms with Crippen molar-refractivity contribution in [2.45, 2.75) is 6.42 Å². The van der Waals surface area contributed by atoms with Crippen molar-refractivity contribution in [3.63, 3.8) is 0 Å². The first kappa shape index (κ1) is 10.5. The van der Waals surface area contributed by atoms with Gasteiger partial charge in [-0.05, 0) is 12.1 Å². The summed E-state index contributed by atoms with van der Waals surface area (Å²) in [6.07, 6.45) is 5.42. The number of carbonyl (C=O) groups is 1. The zero-order valence-electron chi connectivity index (χ0n) is 9.01. The number of carbonyl (C=O) groups excluding carboxylic acids is 1. The zero-order valence-corrected chi connectivity index (χ0v) is 9.01. The molecule has 1 N–H and O–H groups in total. The lowest BCUT2D eigenvalue weighted by molar-refractivity contribution is 0.0953. The van der Waals surface area contributed by atoms with E-state index in [1.165, 1.54) is 12.5 Å². The highest BCUT2D eigenvalue weighted by molar-refractivity contribution is 5.93. The molecule has 0 aliphatic heterocycles. The van der Waals surface area contributed by atoms with Crippen molar-refractivity contribution in [2.75, 3.05) is 6.54 Å². The van der Waals surface area contributed by atoms with Crippen molar-refractivity contribution in [3.05, 3.63) is 42.1 Å². The maximum absolute atomic E-state index is 11.5. The molecule has 2 heterocycles. The van der Waals surface area contributed by atoms with E-state index >= 15 is 0 Å². The highest BCUT2D eigenvalue weighted by Crippen LogP contribution is 2.00. The number of furan rings is 1. The van der Waals surface area contributed by atoms with Crippen LogP contribution in [0.4, 0.5) is 0 Å². The van der Waals surface area contributed by atoms with Crippen molar-refractivity contribution in [1.82, 2.24) is 15.1 Å². The van der Waals surface area contributed by atoms with Gasteiger partial charge in [0.15, 0.2) is 0 Å². The van der Waals surface area contributed by atoms with E-state index in [1.54, 1.807) is 16.9 Å². The molecule has 0 spiro atoms. The minimum absolute atomic E-state index is 0.115. The lowest BCUT2D eigenvalue weighted by Crippen LogP contribution is -2.25. The quantitative estimate of drug-likeness (QED) is 0.834. The van der Waals surface area contributed by atoms with Gasteiger partial charge in [-0.25, -0.2) is 0 Å². The van der Waals surface area contributed by atoms with Gasteiger partial charge in [0.1, 0.15) is 6.26 Å². The Morgan fingerprint density at radius 3 is 3.06 bits per heavy atom. The topological polar surface area (TPSA) is 60.1 Å². The second-order valence-electron chi connectivity index (χ2n) is 3.46. The van der Waals surface area contributed by atoms with Crippen LogP contribution in [0.3, 0.4) is 0 Å². The minimum Gasteiger partial charge on any atom is -0.472 e. The van der Waals surface area contributed by atoms with Crippen molar-refractivity contribution >= 4 is 5.91 Å². The van der Waals surface area contributed by atoms with Gasteiger partial charge in [-0.3, -0.25) is 9.48 Å². The van der Waals surface area contributed by atoms with E-state index in [9.17, 15) is 4.79 Å². The van der Waals surface area contributed by atoms with E-state index < -0.39 is 0 Å². The lowest BCUT2D eigenvalue weighted by atomic mass is 10.3. The number of nitrogens with one attached hydrogen (secondary N) is 1. The zero-order chi connectivity index (χ0) is 11.4. The molecule has 16 heavy (non-hydrogen) atoms. The third-order valence-corrected chi connectivity index (χ3v) is 2.37. The molecule has 5 nitrogen and oxygen atoms in total. The predicted molar refractivity (Wildman–Crippen MR) is 58.0 cm³/mol. The van der Waals surface area contributed by atoms with Gasteiger partial charge in [0, 0.05) is 31.9 Å². The number of nitrogens with zero attached hydrogens (tertiary/aromatic N) is 2. The summed E-state index contributed by atoms with van der Waals surface area (Å²) in [4.78, 5) is 11.5. The van der Waals surface area contributed by atoms with E-state index in [-0.39, 0.29) is 5.91 Å². The summed E-state index contributed by atoms with van der Waals surface area (Å²) in [5.41, 5.74) is 1.64. The molecule has 0 fully saturated rings. The normalized spacial score (nSPS) is 10.3. The smallest absolute Gasteiger partial charge is 0.254 e. The fourth-order valence-corrected chi connectivity index (χ4v) is 1.45. The second kappa shape index (κ2) is 4.65. The van der Waals surface area contributed by atoms with Gasteiger partial charge >= 0.3 is 0 Å². The average Bonchev–Trinajstić information content (AvgIpc) is 2.90. The van der Waals surface area contributed by atoms with Gasteiger partial charge in [0.25, 0.3) is 5.91 Å². The van der Waals surface area contributed by atoms with Crippen LogP contribution in [0.1, 0.15) is 16.1 Å². The van der Waals surface area contributed by atoms with Crippen LogP contribution in [-0.2, 0) is 13.5 Å². The van der Waals surface area contributed by atoms with Crippen molar-refractivity contribution in [3.8, 4) is 0 Å². The molecule has 0 saturated heterocycles. The monoisotopic (exact) mass is 219 g/mol. The number of rotatable bonds is 4. The molecule has 2 rings (SSSR count). The molecular weight excluding hydrogens is 206 g/mol. The van der Waals surface area contributed by atoms with Gasteiger partial charge in [0.2, 0.25) is 0 Å². The van der Waals surface area contributed by atoms with E-state index in [0.717, 1.165) is 12.1 Å². The van der Waals surface area contributed by atoms with E-state index in [4.69, 9.17) is 4.42 Å². The highest BCUT2D eigenvalue weighted by Gasteiger charge is 2.06. The van der Waals surface area contributed by atoms with Gasteiger partial charge in [-0.15, -0.1) is 0 Å². The van der Waals surface area contributed by atoms with Crippen LogP contribution in [-0.4, -0.2) is 22.2 Å². The van der Waals surface area contributed by atoms with Crippen molar-refractivity contribution in [1.29, 1.82) is 0 Å². The van der Waals surface area contributed by atoms with Crippen LogP contribution < -0.4 is 5.32 Å². The molecule has 0 unspecified atom stereocenters.